The number of nitrogens with zero attached hydrogens (tertiary/aromatic N) is 6. The molecule has 2 aliphatic rings. The van der Waals surface area contributed by atoms with Gasteiger partial charge in [0.2, 0.25) is 11.7 Å². The number of hydrogen-bond acceptors (Lipinski definition) is 7. The van der Waals surface area contributed by atoms with Crippen molar-refractivity contribution in [3.05, 3.63) is 52.2 Å². The number of hydrogen-bond donors (Lipinski definition) is 1. The second-order valence-electron chi connectivity index (χ2n) is 13.0. The van der Waals surface area contributed by atoms with E-state index in [-0.39, 0.29) is 42.4 Å². The van der Waals surface area contributed by atoms with Crippen LogP contribution in [0.15, 0.2) is 40.0 Å². The first kappa shape index (κ1) is 35.2. The Bertz CT molecular complexity index is 1810. The van der Waals surface area contributed by atoms with Crippen molar-refractivity contribution >= 4 is 44.9 Å². The molecule has 2 aromatic heterocycles. The van der Waals surface area contributed by atoms with Gasteiger partial charge in [0, 0.05) is 31.9 Å². The second-order valence-corrected chi connectivity index (χ2v) is 15.4. The summed E-state index contributed by atoms with van der Waals surface area (Å²) in [6.45, 7) is 7.88. The Morgan fingerprint density at radius 2 is 1.65 bits per heavy atom. The van der Waals surface area contributed by atoms with Gasteiger partial charge in [0.25, 0.3) is 5.56 Å². The quantitative estimate of drug-likeness (QED) is 0.260. The standard InChI is InChI=1S/C31H40F5N7O4S/c1-5-24-26(40-16-18-41(19-17-40)30(46)47-31(2,3)4)28(45)43-29(38-27(39-43)21-10-8-6-7-9-11-21)42(24)20-25(44)37-22-12-14-23(15-13-22)48(32,33,34,35)36/h10,12-15H,5-9,11,16-20H2,1-4H3,(H,37,44). The summed E-state index contributed by atoms with van der Waals surface area (Å²) in [5.74, 6) is -0.211. The van der Waals surface area contributed by atoms with E-state index >= 15 is 0 Å². The molecule has 17 heteroatoms. The summed E-state index contributed by atoms with van der Waals surface area (Å²) >= 11 is 0. The third-order valence-corrected chi connectivity index (χ3v) is 9.28. The number of amides is 2. The molecule has 1 aliphatic heterocycles. The average Bonchev–Trinajstić information content (AvgIpc) is 3.25. The van der Waals surface area contributed by atoms with E-state index in [0.717, 1.165) is 54.3 Å². The maximum atomic E-state index is 14.1. The molecule has 0 bridgehead atoms. The van der Waals surface area contributed by atoms with E-state index in [2.05, 4.69) is 16.5 Å². The van der Waals surface area contributed by atoms with E-state index in [9.17, 15) is 33.8 Å². The highest BCUT2D eigenvalue weighted by Gasteiger charge is 2.65. The lowest BCUT2D eigenvalue weighted by atomic mass is 10.1. The van der Waals surface area contributed by atoms with Crippen LogP contribution in [0.1, 0.15) is 71.3 Å². The second kappa shape index (κ2) is 12.1. The zero-order valence-corrected chi connectivity index (χ0v) is 28.1. The van der Waals surface area contributed by atoms with Crippen molar-refractivity contribution in [1.82, 2.24) is 24.1 Å². The molecule has 0 saturated carbocycles. The predicted octanol–water partition coefficient (Wildman–Crippen LogP) is 7.15. The molecule has 1 aliphatic carbocycles. The van der Waals surface area contributed by atoms with Gasteiger partial charge in [0.05, 0.1) is 5.69 Å². The number of halogens is 5. The molecule has 3 aromatic rings. The number of anilines is 2. The highest BCUT2D eigenvalue weighted by Crippen LogP contribution is 3.02. The van der Waals surface area contributed by atoms with Crippen LogP contribution in [-0.4, -0.2) is 67.8 Å². The van der Waals surface area contributed by atoms with E-state index in [1.807, 2.05) is 11.8 Å². The summed E-state index contributed by atoms with van der Waals surface area (Å²) in [6.07, 6.45) is 6.44. The van der Waals surface area contributed by atoms with Gasteiger partial charge in [0.1, 0.15) is 22.7 Å². The van der Waals surface area contributed by atoms with Crippen molar-refractivity contribution in [3.63, 3.8) is 0 Å². The zero-order chi connectivity index (χ0) is 35.1. The monoisotopic (exact) mass is 701 g/mol. The number of nitrogens with one attached hydrogen (secondary N) is 1. The Morgan fingerprint density at radius 3 is 2.25 bits per heavy atom. The first-order chi connectivity index (χ1) is 22.2. The lowest BCUT2D eigenvalue weighted by Crippen LogP contribution is -2.51. The predicted molar refractivity (Wildman–Crippen MR) is 174 cm³/mol. The molecule has 0 unspecified atom stereocenters. The molecule has 0 atom stereocenters. The van der Waals surface area contributed by atoms with Crippen molar-refractivity contribution in [1.29, 1.82) is 0 Å². The van der Waals surface area contributed by atoms with E-state index in [1.165, 1.54) is 0 Å². The number of rotatable bonds is 7. The van der Waals surface area contributed by atoms with Crippen LogP contribution < -0.4 is 15.8 Å². The number of ether oxygens (including phenoxy) is 1. The number of allylic oxidation sites excluding steroid dienone is 2. The van der Waals surface area contributed by atoms with Crippen molar-refractivity contribution in [2.24, 2.45) is 0 Å². The molecule has 1 aromatic carbocycles. The summed E-state index contributed by atoms with van der Waals surface area (Å²) in [5.41, 5.74) is 0.411. The molecule has 2 amide bonds. The topological polar surface area (TPSA) is 114 Å². The fourth-order valence-electron chi connectivity index (χ4n) is 5.86. The summed E-state index contributed by atoms with van der Waals surface area (Å²) in [6, 6.07) is 1.98. The maximum absolute atomic E-state index is 14.1. The van der Waals surface area contributed by atoms with Crippen LogP contribution in [0.3, 0.4) is 0 Å². The third kappa shape index (κ3) is 7.93. The SMILES string of the molecule is CCc1c(N2CCN(C(=O)OC(C)(C)C)CC2)c(=O)n2nc(C3=CCCCCC3)nc2n1CC(=O)Nc1ccc(S(F)(F)(F)(F)F)cc1. The molecule has 0 radical (unpaired) electrons. The molecular formula is C31H40F5N7O4S. The molecule has 3 heterocycles. The number of carbonyl (C=O) groups is 2. The number of fused-ring (bicyclic) bond motifs is 1. The van der Waals surface area contributed by atoms with Gasteiger partial charge in [-0.15, -0.1) is 5.10 Å². The Hall–Kier alpha value is -4.15. The Labute approximate surface area is 274 Å². The van der Waals surface area contributed by atoms with Crippen molar-refractivity contribution in [2.75, 3.05) is 36.4 Å². The molecule has 1 saturated heterocycles. The Balaban J connectivity index is 1.50. The Kier molecular flexibility index (Phi) is 8.84. The summed E-state index contributed by atoms with van der Waals surface area (Å²) in [7, 11) is -9.88. The van der Waals surface area contributed by atoms with Gasteiger partial charge in [-0.1, -0.05) is 38.8 Å². The van der Waals surface area contributed by atoms with Gasteiger partial charge < -0.3 is 24.4 Å². The molecular weight excluding hydrogens is 661 g/mol. The molecule has 1 fully saturated rings. The van der Waals surface area contributed by atoms with Crippen molar-refractivity contribution < 1.29 is 33.8 Å². The van der Waals surface area contributed by atoms with E-state index in [4.69, 9.17) is 9.72 Å². The fraction of sp³-hybridized carbons (Fsp3) is 0.516. The van der Waals surface area contributed by atoms with Gasteiger partial charge in [-0.2, -0.15) is 9.50 Å². The Morgan fingerprint density at radius 1 is 0.979 bits per heavy atom. The van der Waals surface area contributed by atoms with Crippen LogP contribution in [0.2, 0.25) is 0 Å². The van der Waals surface area contributed by atoms with Gasteiger partial charge in [0.15, 0.2) is 5.82 Å². The van der Waals surface area contributed by atoms with Gasteiger partial charge in [-0.25, -0.2) is 4.79 Å². The van der Waals surface area contributed by atoms with Gasteiger partial charge in [-0.05, 0) is 82.7 Å². The largest absolute Gasteiger partial charge is 0.444 e. The van der Waals surface area contributed by atoms with Gasteiger partial charge in [-0.3, -0.25) is 9.59 Å². The third-order valence-electron chi connectivity index (χ3n) is 8.12. The molecule has 264 valence electrons. The molecule has 48 heavy (non-hydrogen) atoms. The minimum Gasteiger partial charge on any atom is -0.444 e. The summed E-state index contributed by atoms with van der Waals surface area (Å²) in [5, 5.41) is 7.04. The molecule has 1 N–H and O–H groups in total. The van der Waals surface area contributed by atoms with Crippen LogP contribution in [0.4, 0.5) is 35.6 Å². The molecule has 0 spiro atoms. The normalized spacial score (nSPS) is 17.7. The van der Waals surface area contributed by atoms with E-state index < -0.39 is 44.8 Å². The lowest BCUT2D eigenvalue weighted by molar-refractivity contribution is -0.116. The minimum absolute atomic E-state index is 0.111. The highest BCUT2D eigenvalue weighted by atomic mass is 32.5. The first-order valence-electron chi connectivity index (χ1n) is 15.8. The smallest absolute Gasteiger partial charge is 0.410 e. The van der Waals surface area contributed by atoms with Gasteiger partial charge >= 0.3 is 16.3 Å². The van der Waals surface area contributed by atoms with E-state index in [1.54, 1.807) is 30.2 Å². The maximum Gasteiger partial charge on any atom is 0.410 e. The summed E-state index contributed by atoms with van der Waals surface area (Å²) < 4.78 is 74.2. The van der Waals surface area contributed by atoms with Crippen LogP contribution in [0.25, 0.3) is 11.4 Å². The minimum atomic E-state index is -9.88. The van der Waals surface area contributed by atoms with Crippen molar-refractivity contribution in [3.8, 4) is 0 Å². The number of carbonyl (C=O) groups excluding carboxylic acids is 2. The summed E-state index contributed by atoms with van der Waals surface area (Å²) in [4.78, 5) is 46.1. The zero-order valence-electron chi connectivity index (χ0n) is 27.3. The van der Waals surface area contributed by atoms with Crippen LogP contribution >= 0.6 is 10.2 Å². The lowest BCUT2D eigenvalue weighted by Gasteiger charge is -2.40. The van der Waals surface area contributed by atoms with E-state index in [0.29, 0.717) is 31.0 Å². The average molecular weight is 702 g/mol. The van der Waals surface area contributed by atoms with Crippen molar-refractivity contribution in [2.45, 2.75) is 83.3 Å². The van der Waals surface area contributed by atoms with Crippen LogP contribution in [0.5, 0.6) is 0 Å². The number of benzene rings is 1. The van der Waals surface area contributed by atoms with Crippen LogP contribution in [-0.2, 0) is 22.5 Å². The fourth-order valence-corrected chi connectivity index (χ4v) is 6.51. The molecule has 5 rings (SSSR count). The van der Waals surface area contributed by atoms with Crippen LogP contribution in [0, 0.1) is 0 Å². The highest BCUT2D eigenvalue weighted by molar-refractivity contribution is 8.45. The number of aromatic nitrogens is 4. The molecule has 11 nitrogen and oxygen atoms in total. The number of piperazine rings is 1. The first-order valence-corrected chi connectivity index (χ1v) is 17.8.